The molecule has 0 aliphatic heterocycles. The van der Waals surface area contributed by atoms with Gasteiger partial charge in [0, 0.05) is 12.1 Å². The zero-order valence-corrected chi connectivity index (χ0v) is 17.5. The second-order valence-corrected chi connectivity index (χ2v) is 8.73. The van der Waals surface area contributed by atoms with Gasteiger partial charge in [0.15, 0.2) is 0 Å². The lowest BCUT2D eigenvalue weighted by Gasteiger charge is -2.15. The summed E-state index contributed by atoms with van der Waals surface area (Å²) in [7, 11) is 0. The summed E-state index contributed by atoms with van der Waals surface area (Å²) in [6.45, 7) is 0. The van der Waals surface area contributed by atoms with Crippen LogP contribution in [0.4, 0.5) is 10.1 Å². The van der Waals surface area contributed by atoms with E-state index in [-0.39, 0.29) is 11.7 Å². The molecule has 1 unspecified atom stereocenters. The number of hydrogen-bond acceptors (Lipinski definition) is 4. The van der Waals surface area contributed by atoms with Crippen molar-refractivity contribution in [1.29, 1.82) is 0 Å². The molecule has 1 fully saturated rings. The third-order valence-corrected chi connectivity index (χ3v) is 6.57. The summed E-state index contributed by atoms with van der Waals surface area (Å²) >= 11 is 1.31. The number of amides is 1. The van der Waals surface area contributed by atoms with Gasteiger partial charge in [-0.3, -0.25) is 9.89 Å². The summed E-state index contributed by atoms with van der Waals surface area (Å²) in [6, 6.07) is 15.3. The molecule has 1 atom stereocenters. The van der Waals surface area contributed by atoms with E-state index >= 15 is 0 Å². The number of rotatable bonds is 8. The quantitative estimate of drug-likeness (QED) is 0.466. The minimum atomic E-state index is -0.519. The highest BCUT2D eigenvalue weighted by molar-refractivity contribution is 8.00. The number of aromatic amines is 1. The van der Waals surface area contributed by atoms with E-state index in [4.69, 9.17) is 0 Å². The van der Waals surface area contributed by atoms with Crippen molar-refractivity contribution in [3.63, 3.8) is 0 Å². The number of nitrogens with zero attached hydrogens (tertiary/aromatic N) is 2. The molecule has 156 valence electrons. The first kappa shape index (κ1) is 20.6. The van der Waals surface area contributed by atoms with Crippen molar-refractivity contribution in [2.45, 2.75) is 48.9 Å². The predicted octanol–water partition coefficient (Wildman–Crippen LogP) is 5.54. The molecule has 0 saturated heterocycles. The Morgan fingerprint density at radius 1 is 1.13 bits per heavy atom. The Hall–Kier alpha value is -2.67. The van der Waals surface area contributed by atoms with Crippen LogP contribution < -0.4 is 5.32 Å². The number of aryl methyl sites for hydroxylation is 1. The summed E-state index contributed by atoms with van der Waals surface area (Å²) < 4.78 is 13.2. The van der Waals surface area contributed by atoms with Crippen LogP contribution in [0.5, 0.6) is 0 Å². The fourth-order valence-corrected chi connectivity index (χ4v) is 4.76. The van der Waals surface area contributed by atoms with E-state index in [1.807, 2.05) is 30.3 Å². The van der Waals surface area contributed by atoms with Gasteiger partial charge in [-0.1, -0.05) is 67.8 Å². The van der Waals surface area contributed by atoms with E-state index in [2.05, 4.69) is 20.5 Å². The maximum absolute atomic E-state index is 13.2. The molecule has 30 heavy (non-hydrogen) atoms. The van der Waals surface area contributed by atoms with Crippen LogP contribution in [-0.2, 0) is 11.2 Å². The van der Waals surface area contributed by atoms with E-state index in [9.17, 15) is 9.18 Å². The molecular weight excluding hydrogens is 399 g/mol. The molecule has 1 aromatic heterocycles. The maximum atomic E-state index is 13.2. The number of hydrogen-bond donors (Lipinski definition) is 2. The zero-order valence-electron chi connectivity index (χ0n) is 16.7. The minimum absolute atomic E-state index is 0.199. The Kier molecular flexibility index (Phi) is 6.79. The minimum Gasteiger partial charge on any atom is -0.325 e. The lowest BCUT2D eigenvalue weighted by molar-refractivity contribution is -0.115. The van der Waals surface area contributed by atoms with Crippen molar-refractivity contribution in [3.05, 3.63) is 71.8 Å². The molecular formula is C23H25FN4OS. The van der Waals surface area contributed by atoms with Gasteiger partial charge in [0.2, 0.25) is 11.1 Å². The number of carbonyl (C=O) groups is 1. The molecule has 1 heterocycles. The summed E-state index contributed by atoms with van der Waals surface area (Å²) in [5.41, 5.74) is 1.41. The topological polar surface area (TPSA) is 70.7 Å². The van der Waals surface area contributed by atoms with Crippen molar-refractivity contribution >= 4 is 23.4 Å². The van der Waals surface area contributed by atoms with Crippen LogP contribution in [0, 0.1) is 11.7 Å². The number of benzene rings is 2. The van der Waals surface area contributed by atoms with Crippen LogP contribution in [0.15, 0.2) is 59.8 Å². The fraction of sp³-hybridized carbons (Fsp3) is 0.348. The monoisotopic (exact) mass is 424 g/mol. The average molecular weight is 425 g/mol. The van der Waals surface area contributed by atoms with Gasteiger partial charge in [0.1, 0.15) is 16.9 Å². The third kappa shape index (κ3) is 5.48. The lowest BCUT2D eigenvalue weighted by atomic mass is 10.0. The van der Waals surface area contributed by atoms with Crippen LogP contribution in [0.3, 0.4) is 0 Å². The van der Waals surface area contributed by atoms with E-state index in [0.717, 1.165) is 30.1 Å². The van der Waals surface area contributed by atoms with Gasteiger partial charge in [-0.05, 0) is 42.2 Å². The first-order chi connectivity index (χ1) is 14.7. The van der Waals surface area contributed by atoms with E-state index in [0.29, 0.717) is 10.8 Å². The lowest BCUT2D eigenvalue weighted by Crippen LogP contribution is -2.19. The van der Waals surface area contributed by atoms with E-state index in [1.165, 1.54) is 49.6 Å². The second-order valence-electron chi connectivity index (χ2n) is 7.66. The van der Waals surface area contributed by atoms with Crippen molar-refractivity contribution in [2.24, 2.45) is 5.92 Å². The Morgan fingerprint density at radius 2 is 1.87 bits per heavy atom. The first-order valence-electron chi connectivity index (χ1n) is 10.4. The molecule has 1 amide bonds. The molecule has 1 saturated carbocycles. The van der Waals surface area contributed by atoms with E-state index < -0.39 is 5.25 Å². The molecule has 0 spiro atoms. The Balaban J connectivity index is 1.45. The standard InChI is InChI=1S/C23H25FN4OS/c24-18-11-13-19(14-12-18)25-22(29)21(17-8-2-1-3-9-17)30-23-26-20(27-28-23)15-10-16-6-4-5-7-16/h1-3,8-9,11-14,16,21H,4-7,10,15H2,(H,25,29)(H,26,27,28). The smallest absolute Gasteiger partial charge is 0.242 e. The Labute approximate surface area is 179 Å². The number of anilines is 1. The van der Waals surface area contributed by atoms with Crippen molar-refractivity contribution in [1.82, 2.24) is 15.2 Å². The number of H-pyrrole nitrogens is 1. The molecule has 5 nitrogen and oxygen atoms in total. The molecule has 1 aliphatic carbocycles. The van der Waals surface area contributed by atoms with Crippen molar-refractivity contribution in [3.8, 4) is 0 Å². The fourth-order valence-electron chi connectivity index (χ4n) is 3.83. The van der Waals surface area contributed by atoms with Gasteiger partial charge >= 0.3 is 0 Å². The molecule has 4 rings (SSSR count). The van der Waals surface area contributed by atoms with Crippen LogP contribution in [0.2, 0.25) is 0 Å². The largest absolute Gasteiger partial charge is 0.325 e. The SMILES string of the molecule is O=C(Nc1ccc(F)cc1)C(Sc1n[nH]c(CCC2CCCC2)n1)c1ccccc1. The highest BCUT2D eigenvalue weighted by atomic mass is 32.2. The van der Waals surface area contributed by atoms with Gasteiger partial charge < -0.3 is 5.32 Å². The van der Waals surface area contributed by atoms with Gasteiger partial charge in [0.25, 0.3) is 0 Å². The van der Waals surface area contributed by atoms with Crippen LogP contribution >= 0.6 is 11.8 Å². The zero-order chi connectivity index (χ0) is 20.8. The van der Waals surface area contributed by atoms with Crippen molar-refractivity contribution in [2.75, 3.05) is 5.32 Å². The first-order valence-corrected chi connectivity index (χ1v) is 11.2. The molecule has 3 aromatic rings. The van der Waals surface area contributed by atoms with Gasteiger partial charge in [0.05, 0.1) is 0 Å². The van der Waals surface area contributed by atoms with Gasteiger partial charge in [-0.25, -0.2) is 9.37 Å². The molecule has 7 heteroatoms. The molecule has 2 aromatic carbocycles. The molecule has 0 bridgehead atoms. The maximum Gasteiger partial charge on any atom is 0.242 e. The van der Waals surface area contributed by atoms with Crippen LogP contribution in [0.25, 0.3) is 0 Å². The average Bonchev–Trinajstić information content (AvgIpc) is 3.44. The Morgan fingerprint density at radius 3 is 2.60 bits per heavy atom. The number of carbonyl (C=O) groups excluding carboxylic acids is 1. The number of halogens is 1. The Bertz CT molecular complexity index is 955. The van der Waals surface area contributed by atoms with Gasteiger partial charge in [-0.2, -0.15) is 0 Å². The number of aromatic nitrogens is 3. The summed E-state index contributed by atoms with van der Waals surface area (Å²) in [5, 5.41) is 10.3. The normalized spacial score (nSPS) is 15.2. The third-order valence-electron chi connectivity index (χ3n) is 5.45. The highest BCUT2D eigenvalue weighted by Gasteiger charge is 2.24. The number of nitrogens with one attached hydrogen (secondary N) is 2. The highest BCUT2D eigenvalue weighted by Crippen LogP contribution is 2.35. The summed E-state index contributed by atoms with van der Waals surface area (Å²) in [5.74, 6) is 1.13. The number of thioether (sulfide) groups is 1. The van der Waals surface area contributed by atoms with Crippen molar-refractivity contribution < 1.29 is 9.18 Å². The van der Waals surface area contributed by atoms with E-state index in [1.54, 1.807) is 12.1 Å². The molecule has 1 aliphatic rings. The van der Waals surface area contributed by atoms with Crippen LogP contribution in [-0.4, -0.2) is 21.1 Å². The molecule has 2 N–H and O–H groups in total. The summed E-state index contributed by atoms with van der Waals surface area (Å²) in [4.78, 5) is 17.6. The van der Waals surface area contributed by atoms with Crippen LogP contribution in [0.1, 0.15) is 48.7 Å². The molecule has 0 radical (unpaired) electrons. The summed E-state index contributed by atoms with van der Waals surface area (Å²) in [6.07, 6.45) is 7.32. The second kappa shape index (κ2) is 9.89. The van der Waals surface area contributed by atoms with Gasteiger partial charge in [-0.15, -0.1) is 5.10 Å². The predicted molar refractivity (Wildman–Crippen MR) is 117 cm³/mol.